The zero-order chi connectivity index (χ0) is 59.8. The van der Waals surface area contributed by atoms with Crippen molar-refractivity contribution in [3.8, 4) is 35.4 Å². The lowest BCUT2D eigenvalue weighted by molar-refractivity contribution is -0.120. The van der Waals surface area contributed by atoms with Crippen molar-refractivity contribution in [2.24, 2.45) is 16.7 Å². The van der Waals surface area contributed by atoms with Crippen molar-refractivity contribution in [1.29, 1.82) is 0 Å². The number of methoxy groups -OCH3 is 1. The van der Waals surface area contributed by atoms with Crippen LogP contribution in [0.5, 0.6) is 11.8 Å². The highest BCUT2D eigenvalue weighted by Gasteiger charge is 2.50. The summed E-state index contributed by atoms with van der Waals surface area (Å²) in [4.78, 5) is 79.2. The average molecular weight is 1200 g/mol. The highest BCUT2D eigenvalue weighted by atomic mass is 35.5. The van der Waals surface area contributed by atoms with E-state index in [9.17, 15) is 19.2 Å². The van der Waals surface area contributed by atoms with E-state index >= 15 is 8.78 Å². The van der Waals surface area contributed by atoms with Gasteiger partial charge >= 0.3 is 18.1 Å². The number of carbonyl (C=O) groups excluding carboxylic acids is 4. The second kappa shape index (κ2) is 23.0. The number of piperidine rings is 1. The number of likely N-dealkylation sites (tertiary alicyclic amines) is 2. The number of hydrogen-bond donors (Lipinski definition) is 1. The number of nitrogens with zero attached hydrogens (tertiary/aromatic N) is 9. The van der Waals surface area contributed by atoms with Gasteiger partial charge in [0.25, 0.3) is 5.91 Å². The maximum atomic E-state index is 17.8. The Kier molecular flexibility index (Phi) is 15.5. The van der Waals surface area contributed by atoms with Gasteiger partial charge in [-0.1, -0.05) is 23.6 Å². The molecule has 0 radical (unpaired) electrons. The third kappa shape index (κ3) is 11.4. The molecule has 4 bridgehead atoms. The fraction of sp³-hybridized carbons (Fsp3) is 0.554. The molecule has 2 aliphatic carbocycles. The van der Waals surface area contributed by atoms with E-state index in [4.69, 9.17) is 51.9 Å². The molecule has 13 rings (SSSR count). The summed E-state index contributed by atoms with van der Waals surface area (Å²) in [5.41, 5.74) is 0.503. The molecule has 8 fully saturated rings. The third-order valence-corrected chi connectivity index (χ3v) is 20.1. The highest BCUT2D eigenvalue weighted by molar-refractivity contribution is 6.34. The van der Waals surface area contributed by atoms with Crippen molar-refractivity contribution >= 4 is 68.7 Å². The molecule has 2 saturated carbocycles. The molecule has 1 spiro atoms. The molecule has 86 heavy (non-hydrogen) atoms. The molecule has 4 atom stereocenters. The zero-order valence-electron chi connectivity index (χ0n) is 49.5. The first-order chi connectivity index (χ1) is 41.4. The van der Waals surface area contributed by atoms with Crippen LogP contribution < -0.4 is 24.6 Å². The number of terminal acetylenes is 1. The minimum Gasteiger partial charge on any atom is -0.468 e. The lowest BCUT2D eigenvalue weighted by Gasteiger charge is -2.48. The Bertz CT molecular complexity index is 3530. The monoisotopic (exact) mass is 1200 g/mol. The second-order valence-corrected chi connectivity index (χ2v) is 27.0. The first kappa shape index (κ1) is 58.1. The molecule has 4 unspecified atom stereocenters. The smallest absolute Gasteiger partial charge is 0.410 e. The topological polar surface area (TPSA) is 175 Å². The predicted octanol–water partition coefficient (Wildman–Crippen LogP) is 10.2. The molecule has 8 aliphatic rings. The van der Waals surface area contributed by atoms with Gasteiger partial charge in [-0.15, -0.1) is 6.42 Å². The van der Waals surface area contributed by atoms with Crippen molar-refractivity contribution in [1.82, 2.24) is 39.9 Å². The first-order valence-electron chi connectivity index (χ1n) is 30.7. The summed E-state index contributed by atoms with van der Waals surface area (Å²) >= 11 is 6.50. The highest BCUT2D eigenvalue weighted by Crippen LogP contribution is 2.50. The number of anilines is 2. The quantitative estimate of drug-likeness (QED) is 0.0821. The minimum absolute atomic E-state index is 0.00635. The van der Waals surface area contributed by atoms with Crippen LogP contribution in [0.15, 0.2) is 48.7 Å². The summed E-state index contributed by atoms with van der Waals surface area (Å²) in [6.45, 7) is 12.4. The van der Waals surface area contributed by atoms with Crippen molar-refractivity contribution < 1.29 is 46.9 Å². The van der Waals surface area contributed by atoms with E-state index in [0.29, 0.717) is 94.8 Å². The van der Waals surface area contributed by atoms with Crippen LogP contribution in [0.3, 0.4) is 0 Å². The number of amides is 5. The fourth-order valence-electron chi connectivity index (χ4n) is 15.2. The van der Waals surface area contributed by atoms with Gasteiger partial charge in [0.15, 0.2) is 12.6 Å². The van der Waals surface area contributed by atoms with Crippen LogP contribution in [-0.4, -0.2) is 168 Å². The lowest BCUT2D eigenvalue weighted by atomic mass is 9.65. The largest absolute Gasteiger partial charge is 0.468 e. The number of hydrogen-bond acceptors (Lipinski definition) is 14. The van der Waals surface area contributed by atoms with Gasteiger partial charge in [-0.3, -0.25) is 39.5 Å². The number of carbonyl (C=O) groups is 4. The number of nitrogens with one attached hydrogen (secondary N) is 1. The summed E-state index contributed by atoms with van der Waals surface area (Å²) < 4.78 is 56.8. The van der Waals surface area contributed by atoms with E-state index in [1.165, 1.54) is 56.6 Å². The number of benzene rings is 3. The van der Waals surface area contributed by atoms with E-state index in [1.807, 2.05) is 30.6 Å². The molecule has 6 saturated heterocycles. The maximum Gasteiger partial charge on any atom is 0.410 e. The van der Waals surface area contributed by atoms with E-state index in [1.54, 1.807) is 42.6 Å². The molecule has 18 nitrogen and oxygen atoms in total. The number of halogens is 3. The molecule has 5 aromatic rings. The van der Waals surface area contributed by atoms with E-state index in [0.717, 1.165) is 64.7 Å². The number of pyridine rings is 1. The molecule has 21 heteroatoms. The van der Waals surface area contributed by atoms with E-state index in [-0.39, 0.29) is 88.9 Å². The summed E-state index contributed by atoms with van der Waals surface area (Å²) in [6, 6.07) is 11.4. The fourth-order valence-corrected chi connectivity index (χ4v) is 15.4. The number of piperazine rings is 2. The van der Waals surface area contributed by atoms with Gasteiger partial charge in [0.1, 0.15) is 34.2 Å². The van der Waals surface area contributed by atoms with Gasteiger partial charge in [0.2, 0.25) is 5.91 Å². The Morgan fingerprint density at radius 1 is 0.860 bits per heavy atom. The molecular weight excluding hydrogens is 1120 g/mol. The van der Waals surface area contributed by atoms with Gasteiger partial charge in [-0.25, -0.2) is 18.4 Å². The zero-order valence-corrected chi connectivity index (χ0v) is 50.2. The summed E-state index contributed by atoms with van der Waals surface area (Å²) in [5.74, 6) is 2.17. The van der Waals surface area contributed by atoms with E-state index in [2.05, 4.69) is 25.9 Å². The standard InChI is InChI=1S/C65H75ClF2N10O8/c1-6-47-51(67)14-8-40-27-46(85-38-83-5)29-48(54(40)47)56-55(68)57-49(30-69-56)58(75-34-44-11-12-45(35-75)78(44)62(82)86-63(2,3)4)72-60(71-57)84-37-65(20-21-65)36-73-32-42-9-10-43(33-73)77(42)31-39-15-18-64(19-16-39)22-25-74(26-23-64)59(80)41-7-13-50(66)52(28-41)76-24-17-53(79)70-61(76)81/h1,7-8,13-14,27-30,39,42-45H,9-12,15-26,31-38H2,2-5H3,(H,70,79,81). The van der Waals surface area contributed by atoms with Crippen molar-refractivity contribution in [2.45, 2.75) is 134 Å². The summed E-state index contributed by atoms with van der Waals surface area (Å²) in [5, 5.41) is 3.91. The van der Waals surface area contributed by atoms with Crippen LogP contribution in [0, 0.1) is 40.7 Å². The first-order valence-corrected chi connectivity index (χ1v) is 31.0. The van der Waals surface area contributed by atoms with Crippen molar-refractivity contribution in [3.05, 3.63) is 76.4 Å². The summed E-state index contributed by atoms with van der Waals surface area (Å²) in [7, 11) is 1.50. The number of fused-ring (bicyclic) bond motifs is 6. The normalized spacial score (nSPS) is 23.9. The van der Waals surface area contributed by atoms with Gasteiger partial charge < -0.3 is 28.7 Å². The number of rotatable bonds is 14. The molecule has 5 amide bonds. The molecular formula is C65H75ClF2N10O8. The summed E-state index contributed by atoms with van der Waals surface area (Å²) in [6.07, 6.45) is 19.9. The predicted molar refractivity (Wildman–Crippen MR) is 321 cm³/mol. The molecule has 454 valence electrons. The Morgan fingerprint density at radius 2 is 1.58 bits per heavy atom. The van der Waals surface area contributed by atoms with Crippen LogP contribution in [0.1, 0.15) is 120 Å². The van der Waals surface area contributed by atoms with Crippen LogP contribution >= 0.6 is 11.6 Å². The SMILES string of the molecule is C#Cc1c(F)ccc2cc(OCOC)cc(-c3ncc4c(N5CC6CCC(C5)N6C(=O)OC(C)(C)C)nc(OCC5(CN6CC7CCC(C6)N7CC6CCC7(CC6)CCN(C(=O)c6ccc(Cl)c(N8CCC(=O)NC8=O)c6)CC7)CC5)nc4c3F)c12. The molecule has 3 aromatic carbocycles. The van der Waals surface area contributed by atoms with E-state index < -0.39 is 23.3 Å². The van der Waals surface area contributed by atoms with Crippen LogP contribution in [0.25, 0.3) is 32.9 Å². The van der Waals surface area contributed by atoms with Gasteiger partial charge in [-0.05, 0) is 151 Å². The van der Waals surface area contributed by atoms with Gasteiger partial charge in [0, 0.05) is 113 Å². The molecule has 6 aliphatic heterocycles. The Morgan fingerprint density at radius 3 is 2.26 bits per heavy atom. The minimum atomic E-state index is -0.750. The maximum absolute atomic E-state index is 17.8. The number of aromatic nitrogens is 3. The van der Waals surface area contributed by atoms with Crippen molar-refractivity contribution in [2.75, 3.05) is 89.2 Å². The van der Waals surface area contributed by atoms with Gasteiger partial charge in [-0.2, -0.15) is 9.97 Å². The Balaban J connectivity index is 0.673. The Labute approximate surface area is 505 Å². The third-order valence-electron chi connectivity index (χ3n) is 19.8. The molecule has 1 N–H and O–H groups in total. The number of ether oxygens (including phenoxy) is 4. The van der Waals surface area contributed by atoms with Crippen molar-refractivity contribution in [3.63, 3.8) is 0 Å². The van der Waals surface area contributed by atoms with Crippen LogP contribution in [-0.2, 0) is 14.3 Å². The van der Waals surface area contributed by atoms with Gasteiger partial charge in [0.05, 0.1) is 40.4 Å². The number of imide groups is 1. The average Bonchev–Trinajstić information content (AvgIpc) is 1.46. The van der Waals surface area contributed by atoms with Crippen LogP contribution in [0.2, 0.25) is 5.02 Å². The second-order valence-electron chi connectivity index (χ2n) is 26.6. The molecule has 8 heterocycles. The lowest BCUT2D eigenvalue weighted by Crippen LogP contribution is -2.57. The molecule has 2 aromatic heterocycles. The van der Waals surface area contributed by atoms with Crippen LogP contribution in [0.4, 0.5) is 29.9 Å². The number of urea groups is 1. The Hall–Kier alpha value is -6.92.